The molecule has 0 aliphatic heterocycles. The third kappa shape index (κ3) is 2.35. The van der Waals surface area contributed by atoms with E-state index in [-0.39, 0.29) is 0 Å². The van der Waals surface area contributed by atoms with Crippen molar-refractivity contribution < 1.29 is 4.74 Å². The third-order valence-electron chi connectivity index (χ3n) is 2.66. The van der Waals surface area contributed by atoms with Crippen LogP contribution in [0.5, 0.6) is 5.75 Å². The van der Waals surface area contributed by atoms with Crippen LogP contribution < -0.4 is 4.74 Å². The van der Waals surface area contributed by atoms with E-state index in [0.717, 1.165) is 30.8 Å². The average Bonchev–Trinajstić information content (AvgIpc) is 2.29. The lowest BCUT2D eigenvalue weighted by Gasteiger charge is -2.09. The Morgan fingerprint density at radius 2 is 2.06 bits per heavy atom. The SMILES string of the molecule is [CH2]c1ccc2c(OCCCC)cccc2c1. The van der Waals surface area contributed by atoms with E-state index in [2.05, 4.69) is 32.0 Å². The van der Waals surface area contributed by atoms with Crippen molar-refractivity contribution in [2.45, 2.75) is 19.8 Å². The van der Waals surface area contributed by atoms with Gasteiger partial charge in [-0.3, -0.25) is 0 Å². The Labute approximate surface area is 97.1 Å². The highest BCUT2D eigenvalue weighted by molar-refractivity contribution is 5.88. The number of benzene rings is 2. The van der Waals surface area contributed by atoms with Gasteiger partial charge in [-0.1, -0.05) is 43.7 Å². The summed E-state index contributed by atoms with van der Waals surface area (Å²) in [7, 11) is 0. The number of fused-ring (bicyclic) bond motifs is 1. The Kier molecular flexibility index (Phi) is 3.45. The first-order chi connectivity index (χ1) is 7.81. The average molecular weight is 213 g/mol. The van der Waals surface area contributed by atoms with Crippen molar-refractivity contribution in [1.82, 2.24) is 0 Å². The molecule has 0 saturated heterocycles. The molecule has 0 unspecified atom stereocenters. The molecule has 0 aliphatic rings. The zero-order valence-corrected chi connectivity index (χ0v) is 9.70. The van der Waals surface area contributed by atoms with E-state index in [1.807, 2.05) is 18.2 Å². The second-order valence-electron chi connectivity index (χ2n) is 4.01. The number of unbranched alkanes of at least 4 members (excludes halogenated alkanes) is 1. The minimum Gasteiger partial charge on any atom is -0.493 e. The highest BCUT2D eigenvalue weighted by atomic mass is 16.5. The molecule has 0 saturated carbocycles. The minimum atomic E-state index is 0.793. The van der Waals surface area contributed by atoms with Gasteiger partial charge in [0.1, 0.15) is 5.75 Å². The molecule has 0 fully saturated rings. The lowest BCUT2D eigenvalue weighted by atomic mass is 10.1. The van der Waals surface area contributed by atoms with Gasteiger partial charge in [0.25, 0.3) is 0 Å². The fourth-order valence-corrected chi connectivity index (χ4v) is 1.76. The zero-order chi connectivity index (χ0) is 11.4. The summed E-state index contributed by atoms with van der Waals surface area (Å²) in [6, 6.07) is 12.3. The number of rotatable bonds is 4. The molecule has 0 aliphatic carbocycles. The first-order valence-corrected chi connectivity index (χ1v) is 5.79. The summed E-state index contributed by atoms with van der Waals surface area (Å²) in [6.45, 7) is 6.90. The van der Waals surface area contributed by atoms with E-state index in [9.17, 15) is 0 Å². The first-order valence-electron chi connectivity index (χ1n) is 5.79. The Bertz CT molecular complexity index is 474. The Hall–Kier alpha value is -1.50. The molecule has 0 aromatic heterocycles. The van der Waals surface area contributed by atoms with Gasteiger partial charge in [-0.05, 0) is 30.4 Å². The normalized spacial score (nSPS) is 10.6. The molecule has 1 heteroatoms. The van der Waals surface area contributed by atoms with Crippen LogP contribution in [0.1, 0.15) is 25.3 Å². The van der Waals surface area contributed by atoms with Crippen LogP contribution in [0.2, 0.25) is 0 Å². The van der Waals surface area contributed by atoms with Crippen molar-refractivity contribution in [3.63, 3.8) is 0 Å². The van der Waals surface area contributed by atoms with Crippen LogP contribution in [0.15, 0.2) is 36.4 Å². The quantitative estimate of drug-likeness (QED) is 0.691. The summed E-state index contributed by atoms with van der Waals surface area (Å²) in [5.74, 6) is 0.978. The van der Waals surface area contributed by atoms with Crippen LogP contribution in [0.25, 0.3) is 10.8 Å². The van der Waals surface area contributed by atoms with Crippen molar-refractivity contribution >= 4 is 10.8 Å². The number of hydrogen-bond donors (Lipinski definition) is 0. The first kappa shape index (κ1) is 11.0. The van der Waals surface area contributed by atoms with E-state index in [1.54, 1.807) is 0 Å². The summed E-state index contributed by atoms with van der Waals surface area (Å²) < 4.78 is 5.78. The number of hydrogen-bond acceptors (Lipinski definition) is 1. The van der Waals surface area contributed by atoms with E-state index in [4.69, 9.17) is 4.74 Å². The molecule has 1 nitrogen and oxygen atoms in total. The highest BCUT2D eigenvalue weighted by Crippen LogP contribution is 2.26. The zero-order valence-electron chi connectivity index (χ0n) is 9.70. The smallest absolute Gasteiger partial charge is 0.127 e. The molecule has 83 valence electrons. The van der Waals surface area contributed by atoms with Crippen LogP contribution in [0, 0.1) is 6.92 Å². The van der Waals surface area contributed by atoms with Gasteiger partial charge in [-0.25, -0.2) is 0 Å². The molecular formula is C15H17O. The lowest BCUT2D eigenvalue weighted by Crippen LogP contribution is -1.96. The highest BCUT2D eigenvalue weighted by Gasteiger charge is 2.01. The second kappa shape index (κ2) is 5.02. The molecule has 16 heavy (non-hydrogen) atoms. The Balaban J connectivity index is 2.30. The van der Waals surface area contributed by atoms with Gasteiger partial charge in [0.05, 0.1) is 6.61 Å². The Morgan fingerprint density at radius 3 is 2.88 bits per heavy atom. The Morgan fingerprint density at radius 1 is 1.19 bits per heavy atom. The van der Waals surface area contributed by atoms with Crippen molar-refractivity contribution in [3.8, 4) is 5.75 Å². The number of ether oxygens (including phenoxy) is 1. The molecule has 0 atom stereocenters. The summed E-state index contributed by atoms with van der Waals surface area (Å²) in [6.07, 6.45) is 2.26. The molecular weight excluding hydrogens is 196 g/mol. The summed E-state index contributed by atoms with van der Waals surface area (Å²) in [5.41, 5.74) is 1.04. The molecule has 0 bridgehead atoms. The standard InChI is InChI=1S/C15H17O/c1-3-4-10-16-15-7-5-6-13-11-12(2)8-9-14(13)15/h5-9,11H,2-4,10H2,1H3. The van der Waals surface area contributed by atoms with E-state index >= 15 is 0 Å². The predicted molar refractivity (Wildman–Crippen MR) is 68.8 cm³/mol. The third-order valence-corrected chi connectivity index (χ3v) is 2.66. The van der Waals surface area contributed by atoms with Crippen LogP contribution in [0.4, 0.5) is 0 Å². The summed E-state index contributed by atoms with van der Waals surface area (Å²) >= 11 is 0. The maximum absolute atomic E-state index is 5.78. The second-order valence-corrected chi connectivity index (χ2v) is 4.01. The van der Waals surface area contributed by atoms with E-state index in [1.165, 1.54) is 10.8 Å². The van der Waals surface area contributed by atoms with Gasteiger partial charge in [0.15, 0.2) is 0 Å². The van der Waals surface area contributed by atoms with Crippen LogP contribution in [-0.2, 0) is 0 Å². The van der Waals surface area contributed by atoms with Crippen molar-refractivity contribution in [2.24, 2.45) is 0 Å². The van der Waals surface area contributed by atoms with Crippen LogP contribution in [0.3, 0.4) is 0 Å². The van der Waals surface area contributed by atoms with Gasteiger partial charge in [-0.15, -0.1) is 0 Å². The van der Waals surface area contributed by atoms with Gasteiger partial charge in [0.2, 0.25) is 0 Å². The van der Waals surface area contributed by atoms with E-state index in [0.29, 0.717) is 0 Å². The molecule has 0 heterocycles. The largest absolute Gasteiger partial charge is 0.493 e. The topological polar surface area (TPSA) is 9.23 Å². The summed E-state index contributed by atoms with van der Waals surface area (Å²) in [5, 5.41) is 2.37. The fourth-order valence-electron chi connectivity index (χ4n) is 1.76. The maximum atomic E-state index is 5.78. The maximum Gasteiger partial charge on any atom is 0.127 e. The molecule has 2 rings (SSSR count). The van der Waals surface area contributed by atoms with Crippen molar-refractivity contribution in [3.05, 3.63) is 48.9 Å². The van der Waals surface area contributed by atoms with Crippen LogP contribution >= 0.6 is 0 Å². The van der Waals surface area contributed by atoms with E-state index < -0.39 is 0 Å². The minimum absolute atomic E-state index is 0.793. The van der Waals surface area contributed by atoms with Gasteiger partial charge < -0.3 is 4.74 Å². The predicted octanol–water partition coefficient (Wildman–Crippen LogP) is 4.20. The van der Waals surface area contributed by atoms with Crippen molar-refractivity contribution in [1.29, 1.82) is 0 Å². The molecule has 0 spiro atoms. The molecule has 1 radical (unpaired) electrons. The molecule has 2 aromatic carbocycles. The van der Waals surface area contributed by atoms with Gasteiger partial charge >= 0.3 is 0 Å². The van der Waals surface area contributed by atoms with Gasteiger partial charge in [-0.2, -0.15) is 0 Å². The molecule has 0 amide bonds. The summed E-state index contributed by atoms with van der Waals surface area (Å²) in [4.78, 5) is 0. The molecule has 2 aromatic rings. The van der Waals surface area contributed by atoms with Crippen molar-refractivity contribution in [2.75, 3.05) is 6.61 Å². The lowest BCUT2D eigenvalue weighted by molar-refractivity contribution is 0.313. The molecule has 0 N–H and O–H groups in total. The fraction of sp³-hybridized carbons (Fsp3) is 0.267. The monoisotopic (exact) mass is 213 g/mol. The van der Waals surface area contributed by atoms with Crippen LogP contribution in [-0.4, -0.2) is 6.61 Å². The van der Waals surface area contributed by atoms with Gasteiger partial charge in [0, 0.05) is 5.39 Å².